The predicted octanol–water partition coefficient (Wildman–Crippen LogP) is 4.01. The summed E-state index contributed by atoms with van der Waals surface area (Å²) in [5.41, 5.74) is -0.858. The molecular weight excluding hydrogens is 560 g/mol. The number of ether oxygens (including phenoxy) is 2. The fraction of sp³-hybridized carbons (Fsp3) is 0.333. The number of nitro benzene ring substituents is 2. The van der Waals surface area contributed by atoms with E-state index in [4.69, 9.17) is 4.74 Å². The van der Waals surface area contributed by atoms with Crippen molar-refractivity contribution in [3.8, 4) is 5.75 Å². The molecule has 0 aliphatic heterocycles. The zero-order valence-electron chi connectivity index (χ0n) is 20.0. The highest BCUT2D eigenvalue weighted by molar-refractivity contribution is 9.10. The Bertz CT molecular complexity index is 1240. The number of halogens is 1. The summed E-state index contributed by atoms with van der Waals surface area (Å²) in [7, 11) is 2.62. The van der Waals surface area contributed by atoms with Crippen molar-refractivity contribution in [2.24, 2.45) is 10.2 Å². The fourth-order valence-corrected chi connectivity index (χ4v) is 3.68. The van der Waals surface area contributed by atoms with Gasteiger partial charge in [0.25, 0.3) is 5.69 Å². The molecule has 16 heteroatoms. The highest BCUT2D eigenvalue weighted by Crippen LogP contribution is 2.43. The minimum absolute atomic E-state index is 0.00836. The minimum Gasteiger partial charge on any atom is -0.494 e. The number of nitrogens with zero attached hydrogens (tertiary/aromatic N) is 5. The maximum absolute atomic E-state index is 11.9. The molecule has 0 saturated heterocycles. The topological polar surface area (TPSA) is 199 Å². The Morgan fingerprint density at radius 3 is 2.35 bits per heavy atom. The van der Waals surface area contributed by atoms with E-state index in [0.29, 0.717) is 5.69 Å². The second kappa shape index (κ2) is 13.2. The quantitative estimate of drug-likeness (QED) is 0.159. The number of benzene rings is 2. The van der Waals surface area contributed by atoms with E-state index in [2.05, 4.69) is 36.2 Å². The van der Waals surface area contributed by atoms with E-state index >= 15 is 0 Å². The largest absolute Gasteiger partial charge is 0.494 e. The Hall–Kier alpha value is -4.18. The van der Waals surface area contributed by atoms with E-state index in [1.807, 2.05) is 0 Å². The number of aliphatic hydroxyl groups is 1. The molecule has 2 rings (SSSR count). The lowest BCUT2D eigenvalue weighted by molar-refractivity contribution is -0.393. The first-order valence-electron chi connectivity index (χ1n) is 10.5. The van der Waals surface area contributed by atoms with Gasteiger partial charge in [-0.1, -0.05) is 0 Å². The molecule has 0 aliphatic rings. The Labute approximate surface area is 218 Å². The number of nitro groups is 2. The number of azo groups is 1. The van der Waals surface area contributed by atoms with Crippen LogP contribution < -0.4 is 15.0 Å². The van der Waals surface area contributed by atoms with Crippen LogP contribution in [0.15, 0.2) is 39.0 Å². The van der Waals surface area contributed by atoms with Crippen LogP contribution in [0.5, 0.6) is 5.75 Å². The van der Waals surface area contributed by atoms with Crippen molar-refractivity contribution in [1.82, 2.24) is 0 Å². The molecular formula is C21H23BrN6O9. The van der Waals surface area contributed by atoms with Crippen LogP contribution >= 0.6 is 15.9 Å². The van der Waals surface area contributed by atoms with Crippen molar-refractivity contribution in [3.63, 3.8) is 0 Å². The normalized spacial score (nSPS) is 10.7. The minimum atomic E-state index is -0.835. The Balaban J connectivity index is 2.63. The summed E-state index contributed by atoms with van der Waals surface area (Å²) in [5, 5.41) is 42.6. The van der Waals surface area contributed by atoms with Gasteiger partial charge in [-0.25, -0.2) is 0 Å². The number of anilines is 2. The molecule has 0 unspecified atom stereocenters. The number of rotatable bonds is 12. The van der Waals surface area contributed by atoms with E-state index in [0.717, 1.165) is 12.1 Å². The molecule has 2 N–H and O–H groups in total. The number of methoxy groups -OCH3 is 2. The van der Waals surface area contributed by atoms with Gasteiger partial charge in [-0.3, -0.25) is 29.8 Å². The Kier molecular flexibility index (Phi) is 10.4. The average Bonchev–Trinajstić information content (AvgIpc) is 2.84. The molecule has 0 saturated carbocycles. The molecule has 2 aromatic rings. The van der Waals surface area contributed by atoms with Crippen LogP contribution in [0.4, 0.5) is 34.1 Å². The van der Waals surface area contributed by atoms with Gasteiger partial charge in [-0.2, -0.15) is 0 Å². The van der Waals surface area contributed by atoms with Gasteiger partial charge in [-0.15, -0.1) is 10.2 Å². The first-order valence-corrected chi connectivity index (χ1v) is 11.3. The van der Waals surface area contributed by atoms with Crippen LogP contribution in [-0.4, -0.2) is 60.7 Å². The van der Waals surface area contributed by atoms with Crippen LogP contribution in [0.25, 0.3) is 0 Å². The molecule has 0 heterocycles. The van der Waals surface area contributed by atoms with E-state index in [1.165, 1.54) is 33.3 Å². The molecule has 37 heavy (non-hydrogen) atoms. The van der Waals surface area contributed by atoms with Crippen molar-refractivity contribution >= 4 is 61.9 Å². The molecule has 0 fully saturated rings. The number of carbonyl (C=O) groups excluding carboxylic acids is 2. The van der Waals surface area contributed by atoms with Gasteiger partial charge in [-0.05, 0) is 22.0 Å². The van der Waals surface area contributed by atoms with E-state index in [1.54, 1.807) is 4.90 Å². The molecule has 0 spiro atoms. The summed E-state index contributed by atoms with van der Waals surface area (Å²) in [5.74, 6) is -0.693. The van der Waals surface area contributed by atoms with Gasteiger partial charge in [0.05, 0.1) is 59.0 Å². The molecule has 2 aromatic carbocycles. The van der Waals surface area contributed by atoms with Crippen molar-refractivity contribution in [2.75, 3.05) is 44.1 Å². The van der Waals surface area contributed by atoms with E-state index in [9.17, 15) is 34.9 Å². The van der Waals surface area contributed by atoms with Crippen molar-refractivity contribution in [1.29, 1.82) is 0 Å². The highest BCUT2D eigenvalue weighted by atomic mass is 79.9. The van der Waals surface area contributed by atoms with Crippen LogP contribution in [0.3, 0.4) is 0 Å². The zero-order valence-corrected chi connectivity index (χ0v) is 21.6. The highest BCUT2D eigenvalue weighted by Gasteiger charge is 2.24. The number of non-ortho nitro benzene ring substituents is 1. The SMILES string of the molecule is COC(=O)CCN(CCO)c1cc(NC(C)=O)c(N=Nc2c(Br)cc([N+](=O)[O-])cc2[N+](=O)[O-])cc1OC. The summed E-state index contributed by atoms with van der Waals surface area (Å²) in [4.78, 5) is 46.1. The van der Waals surface area contributed by atoms with Gasteiger partial charge in [0, 0.05) is 32.1 Å². The molecule has 0 radical (unpaired) electrons. The lowest BCUT2D eigenvalue weighted by Crippen LogP contribution is -2.30. The maximum atomic E-state index is 11.9. The van der Waals surface area contributed by atoms with E-state index < -0.39 is 33.1 Å². The lowest BCUT2D eigenvalue weighted by Gasteiger charge is -2.26. The number of carbonyl (C=O) groups is 2. The fourth-order valence-electron chi connectivity index (χ4n) is 3.16. The molecule has 198 valence electrons. The Morgan fingerprint density at radius 1 is 1.11 bits per heavy atom. The maximum Gasteiger partial charge on any atom is 0.307 e. The number of esters is 1. The zero-order chi connectivity index (χ0) is 27.7. The third-order valence-corrected chi connectivity index (χ3v) is 5.43. The summed E-state index contributed by atoms with van der Waals surface area (Å²) < 4.78 is 10.1. The van der Waals surface area contributed by atoms with Gasteiger partial charge in [0.2, 0.25) is 5.91 Å². The van der Waals surface area contributed by atoms with Crippen molar-refractivity contribution < 1.29 is 34.0 Å². The summed E-state index contributed by atoms with van der Waals surface area (Å²) in [6.45, 7) is 1.28. The molecule has 0 aromatic heterocycles. The number of hydrogen-bond donors (Lipinski definition) is 2. The van der Waals surface area contributed by atoms with Gasteiger partial charge >= 0.3 is 11.7 Å². The van der Waals surface area contributed by atoms with Crippen LogP contribution in [0.2, 0.25) is 0 Å². The molecule has 15 nitrogen and oxygen atoms in total. The number of hydrogen-bond acceptors (Lipinski definition) is 12. The third-order valence-electron chi connectivity index (χ3n) is 4.83. The van der Waals surface area contributed by atoms with Crippen LogP contribution in [0.1, 0.15) is 13.3 Å². The molecule has 0 atom stereocenters. The second-order valence-electron chi connectivity index (χ2n) is 7.27. The summed E-state index contributed by atoms with van der Waals surface area (Å²) in [6.07, 6.45) is 0.00836. The molecule has 0 bridgehead atoms. The van der Waals surface area contributed by atoms with Crippen LogP contribution in [-0.2, 0) is 14.3 Å². The Morgan fingerprint density at radius 2 is 1.81 bits per heavy atom. The van der Waals surface area contributed by atoms with Crippen molar-refractivity contribution in [3.05, 3.63) is 49.0 Å². The number of aliphatic hydroxyl groups excluding tert-OH is 1. The summed E-state index contributed by atoms with van der Waals surface area (Å²) in [6, 6.07) is 4.69. The van der Waals surface area contributed by atoms with Gasteiger partial charge < -0.3 is 24.8 Å². The average molecular weight is 583 g/mol. The predicted molar refractivity (Wildman–Crippen MR) is 135 cm³/mol. The second-order valence-corrected chi connectivity index (χ2v) is 8.12. The van der Waals surface area contributed by atoms with E-state index in [-0.39, 0.29) is 53.4 Å². The standard InChI is InChI=1S/C21H23BrN6O9/c1-12(30)23-15-10-17(26(6-7-29)5-4-20(31)37-3)19(36-2)11-16(15)24-25-21-14(22)8-13(27(32)33)9-18(21)28(34)35/h8-11,29H,4-7H2,1-3H3,(H,23,30). The number of amides is 1. The summed E-state index contributed by atoms with van der Waals surface area (Å²) >= 11 is 3.05. The lowest BCUT2D eigenvalue weighted by atomic mass is 10.2. The van der Waals surface area contributed by atoms with Gasteiger partial charge in [0.1, 0.15) is 11.4 Å². The first kappa shape index (κ1) is 29.1. The first-order chi connectivity index (χ1) is 17.5. The monoisotopic (exact) mass is 582 g/mol. The third kappa shape index (κ3) is 7.65. The number of nitrogens with one attached hydrogen (secondary N) is 1. The van der Waals surface area contributed by atoms with Gasteiger partial charge in [0.15, 0.2) is 5.69 Å². The van der Waals surface area contributed by atoms with Crippen molar-refractivity contribution in [2.45, 2.75) is 13.3 Å². The smallest absolute Gasteiger partial charge is 0.307 e. The molecule has 1 amide bonds. The molecule has 0 aliphatic carbocycles. The van der Waals surface area contributed by atoms with Crippen LogP contribution in [0, 0.1) is 20.2 Å².